The molecule has 2 aromatic heterocycles. The van der Waals surface area contributed by atoms with Crippen LogP contribution in [0.15, 0.2) is 11.7 Å². The van der Waals surface area contributed by atoms with E-state index in [9.17, 15) is 0 Å². The van der Waals surface area contributed by atoms with Crippen LogP contribution in [0, 0.1) is 0 Å². The van der Waals surface area contributed by atoms with E-state index in [1.807, 2.05) is 25.2 Å². The van der Waals surface area contributed by atoms with Crippen molar-refractivity contribution in [1.82, 2.24) is 15.2 Å². The van der Waals surface area contributed by atoms with E-state index in [2.05, 4.69) is 20.5 Å². The molecule has 0 aromatic carbocycles. The second-order valence-corrected chi connectivity index (χ2v) is 5.03. The van der Waals surface area contributed by atoms with E-state index in [0.29, 0.717) is 0 Å². The van der Waals surface area contributed by atoms with Crippen LogP contribution >= 0.6 is 22.7 Å². The molecule has 0 unspecified atom stereocenters. The van der Waals surface area contributed by atoms with Gasteiger partial charge in [0.1, 0.15) is 5.51 Å². The molecule has 15 heavy (non-hydrogen) atoms. The molecule has 0 radical (unpaired) electrons. The smallest absolute Gasteiger partial charge is 0.205 e. The molecule has 0 fully saturated rings. The fourth-order valence-electron chi connectivity index (χ4n) is 0.998. The Labute approximate surface area is 95.8 Å². The van der Waals surface area contributed by atoms with Gasteiger partial charge in [-0.3, -0.25) is 0 Å². The first-order valence-corrected chi connectivity index (χ1v) is 6.07. The van der Waals surface area contributed by atoms with Crippen molar-refractivity contribution < 1.29 is 0 Å². The van der Waals surface area contributed by atoms with Crippen LogP contribution in [0.5, 0.6) is 0 Å². The molecular weight excluding hydrogens is 230 g/mol. The van der Waals surface area contributed by atoms with E-state index in [-0.39, 0.29) is 0 Å². The Bertz CT molecular complexity index is 408. The summed E-state index contributed by atoms with van der Waals surface area (Å²) in [6.07, 6.45) is 1.88. The Hall–Kier alpha value is -1.21. The number of hydrogen-bond acceptors (Lipinski definition) is 7. The zero-order valence-electron chi connectivity index (χ0n) is 8.47. The van der Waals surface area contributed by atoms with Gasteiger partial charge in [0.2, 0.25) is 5.13 Å². The first-order valence-electron chi connectivity index (χ1n) is 4.38. The normalized spacial score (nSPS) is 10.3. The minimum atomic E-state index is 0.751. The van der Waals surface area contributed by atoms with Crippen molar-refractivity contribution in [1.29, 1.82) is 0 Å². The number of anilines is 2. The molecule has 0 atom stereocenters. The van der Waals surface area contributed by atoms with E-state index in [4.69, 9.17) is 0 Å². The fourth-order valence-corrected chi connectivity index (χ4v) is 2.21. The monoisotopic (exact) mass is 241 g/mol. The maximum Gasteiger partial charge on any atom is 0.205 e. The molecule has 1 N–H and O–H groups in total. The quantitative estimate of drug-likeness (QED) is 0.882. The third kappa shape index (κ3) is 2.63. The lowest BCUT2D eigenvalue weighted by atomic mass is 10.5. The summed E-state index contributed by atoms with van der Waals surface area (Å²) in [6.45, 7) is 0.751. The predicted molar refractivity (Wildman–Crippen MR) is 63.7 cm³/mol. The molecule has 0 aliphatic rings. The summed E-state index contributed by atoms with van der Waals surface area (Å²) in [5, 5.41) is 12.7. The van der Waals surface area contributed by atoms with Crippen molar-refractivity contribution >= 4 is 32.9 Å². The number of aromatic nitrogens is 3. The molecule has 0 amide bonds. The number of thiazole rings is 1. The van der Waals surface area contributed by atoms with E-state index >= 15 is 0 Å². The summed E-state index contributed by atoms with van der Waals surface area (Å²) in [5.74, 6) is 0. The maximum absolute atomic E-state index is 4.29. The Morgan fingerprint density at radius 2 is 2.33 bits per heavy atom. The molecule has 0 spiro atoms. The number of hydrogen-bond donors (Lipinski definition) is 1. The molecule has 0 saturated carbocycles. The third-order valence-electron chi connectivity index (χ3n) is 1.70. The molecule has 5 nitrogen and oxygen atoms in total. The molecule has 2 rings (SSSR count). The topological polar surface area (TPSA) is 53.9 Å². The van der Waals surface area contributed by atoms with Crippen LogP contribution in [0.1, 0.15) is 4.88 Å². The average molecular weight is 241 g/mol. The molecule has 0 saturated heterocycles. The summed E-state index contributed by atoms with van der Waals surface area (Å²) in [7, 11) is 3.97. The van der Waals surface area contributed by atoms with Crippen molar-refractivity contribution in [2.75, 3.05) is 24.3 Å². The molecule has 0 bridgehead atoms. The van der Waals surface area contributed by atoms with Crippen LogP contribution in [0.2, 0.25) is 0 Å². The first kappa shape index (κ1) is 10.3. The Morgan fingerprint density at radius 1 is 1.47 bits per heavy atom. The van der Waals surface area contributed by atoms with Crippen LogP contribution in [0.3, 0.4) is 0 Å². The first-order chi connectivity index (χ1) is 7.25. The minimum Gasteiger partial charge on any atom is -0.355 e. The summed E-state index contributed by atoms with van der Waals surface area (Å²) in [5.41, 5.74) is 1.71. The molecule has 2 aromatic rings. The van der Waals surface area contributed by atoms with E-state index < -0.39 is 0 Å². The van der Waals surface area contributed by atoms with Crippen molar-refractivity contribution in [3.05, 3.63) is 16.6 Å². The highest BCUT2D eigenvalue weighted by molar-refractivity contribution is 7.15. The zero-order chi connectivity index (χ0) is 10.7. The van der Waals surface area contributed by atoms with Crippen molar-refractivity contribution in [3.8, 4) is 0 Å². The Kier molecular flexibility index (Phi) is 3.12. The summed E-state index contributed by atoms with van der Waals surface area (Å²) in [6, 6.07) is 0. The van der Waals surface area contributed by atoms with Gasteiger partial charge >= 0.3 is 0 Å². The van der Waals surface area contributed by atoms with Gasteiger partial charge in [-0.25, -0.2) is 4.98 Å². The lowest BCUT2D eigenvalue weighted by Gasteiger charge is -2.05. The van der Waals surface area contributed by atoms with E-state index in [0.717, 1.165) is 16.8 Å². The average Bonchev–Trinajstić information content (AvgIpc) is 2.86. The van der Waals surface area contributed by atoms with Crippen LogP contribution < -0.4 is 10.2 Å². The SMILES string of the molecule is CN(C)c1ncc(CNc2nncs2)s1. The Morgan fingerprint density at radius 3 is 2.93 bits per heavy atom. The van der Waals surface area contributed by atoms with Gasteiger partial charge in [-0.05, 0) is 0 Å². The van der Waals surface area contributed by atoms with Crippen molar-refractivity contribution in [2.45, 2.75) is 6.54 Å². The number of nitrogens with zero attached hydrogens (tertiary/aromatic N) is 4. The molecule has 7 heteroatoms. The lowest BCUT2D eigenvalue weighted by molar-refractivity contribution is 1.06. The van der Waals surface area contributed by atoms with Crippen molar-refractivity contribution in [3.63, 3.8) is 0 Å². The van der Waals surface area contributed by atoms with Gasteiger partial charge in [0, 0.05) is 25.2 Å². The van der Waals surface area contributed by atoms with Gasteiger partial charge in [0.15, 0.2) is 5.13 Å². The van der Waals surface area contributed by atoms with Gasteiger partial charge in [-0.1, -0.05) is 11.3 Å². The summed E-state index contributed by atoms with van der Waals surface area (Å²) >= 11 is 3.17. The molecule has 0 aliphatic heterocycles. The number of rotatable bonds is 4. The van der Waals surface area contributed by atoms with Crippen LogP contribution in [-0.2, 0) is 6.54 Å². The number of nitrogens with one attached hydrogen (secondary N) is 1. The molecule has 2 heterocycles. The highest BCUT2D eigenvalue weighted by atomic mass is 32.1. The highest BCUT2D eigenvalue weighted by Gasteiger charge is 2.03. The standard InChI is InChI=1S/C8H11N5S2/c1-13(2)8-10-4-6(15-8)3-9-7-12-11-5-14-7/h4-5H,3H2,1-2H3,(H,9,12). The maximum atomic E-state index is 4.29. The molecular formula is C8H11N5S2. The molecule has 80 valence electrons. The van der Waals surface area contributed by atoms with Gasteiger partial charge < -0.3 is 10.2 Å². The zero-order valence-corrected chi connectivity index (χ0v) is 10.1. The van der Waals surface area contributed by atoms with Crippen molar-refractivity contribution in [2.24, 2.45) is 0 Å². The summed E-state index contributed by atoms with van der Waals surface area (Å²) < 4.78 is 0. The summed E-state index contributed by atoms with van der Waals surface area (Å²) in [4.78, 5) is 7.48. The van der Waals surface area contributed by atoms with E-state index in [1.165, 1.54) is 16.2 Å². The van der Waals surface area contributed by atoms with Crippen LogP contribution in [-0.4, -0.2) is 29.3 Å². The van der Waals surface area contributed by atoms with Crippen LogP contribution in [0.25, 0.3) is 0 Å². The van der Waals surface area contributed by atoms with Gasteiger partial charge in [0.25, 0.3) is 0 Å². The molecule has 0 aliphatic carbocycles. The van der Waals surface area contributed by atoms with E-state index in [1.54, 1.807) is 16.8 Å². The Balaban J connectivity index is 1.94. The largest absolute Gasteiger partial charge is 0.355 e. The van der Waals surface area contributed by atoms with Gasteiger partial charge in [-0.2, -0.15) is 0 Å². The fraction of sp³-hybridized carbons (Fsp3) is 0.375. The second-order valence-electron chi connectivity index (χ2n) is 3.10. The second kappa shape index (κ2) is 4.54. The highest BCUT2D eigenvalue weighted by Crippen LogP contribution is 2.21. The van der Waals surface area contributed by atoms with Crippen LogP contribution in [0.4, 0.5) is 10.3 Å². The lowest BCUT2D eigenvalue weighted by Crippen LogP contribution is -2.07. The van der Waals surface area contributed by atoms with Gasteiger partial charge in [-0.15, -0.1) is 21.5 Å². The van der Waals surface area contributed by atoms with Gasteiger partial charge in [0.05, 0.1) is 6.54 Å². The minimum absolute atomic E-state index is 0.751. The third-order valence-corrected chi connectivity index (χ3v) is 3.51. The predicted octanol–water partition coefficient (Wildman–Crippen LogP) is 1.67.